The maximum absolute atomic E-state index is 13.1. The number of rotatable bonds is 4. The van der Waals surface area contributed by atoms with Crippen molar-refractivity contribution in [2.75, 3.05) is 29.9 Å². The summed E-state index contributed by atoms with van der Waals surface area (Å²) in [5.41, 5.74) is -0.981. The van der Waals surface area contributed by atoms with E-state index in [-0.39, 0.29) is 16.9 Å². The van der Waals surface area contributed by atoms with Crippen molar-refractivity contribution in [1.82, 2.24) is 15.3 Å². The summed E-state index contributed by atoms with van der Waals surface area (Å²) in [6.07, 6.45) is 1.07. The van der Waals surface area contributed by atoms with Gasteiger partial charge in [-0.1, -0.05) is 18.9 Å². The summed E-state index contributed by atoms with van der Waals surface area (Å²) in [6, 6.07) is 0.997. The summed E-state index contributed by atoms with van der Waals surface area (Å²) in [6.45, 7) is 5.30. The molecule has 0 spiro atoms. The summed E-state index contributed by atoms with van der Waals surface area (Å²) >= 11 is 5.01. The van der Waals surface area contributed by atoms with Gasteiger partial charge in [0.25, 0.3) is 0 Å². The molecule has 0 radical (unpaired) electrons. The molecule has 1 aromatic heterocycles. The Hall–Kier alpha value is -1.90. The Kier molecular flexibility index (Phi) is 6.36. The van der Waals surface area contributed by atoms with Gasteiger partial charge in [-0.05, 0) is 25.1 Å². The number of aromatic nitrogens is 2. The SMILES string of the molecule is C=CCNC(=S)Nc1nc(N2CCCCCC2)cc(C(F)(F)F)n1. The lowest BCUT2D eigenvalue weighted by Crippen LogP contribution is -2.31. The third-order valence-corrected chi connectivity index (χ3v) is 3.81. The topological polar surface area (TPSA) is 53.1 Å². The number of hydrogen-bond acceptors (Lipinski definition) is 4. The van der Waals surface area contributed by atoms with Gasteiger partial charge in [-0.2, -0.15) is 18.2 Å². The fourth-order valence-electron chi connectivity index (χ4n) is 2.41. The van der Waals surface area contributed by atoms with Gasteiger partial charge >= 0.3 is 6.18 Å². The molecule has 0 unspecified atom stereocenters. The molecule has 0 amide bonds. The average molecular weight is 359 g/mol. The Morgan fingerprint density at radius 1 is 1.25 bits per heavy atom. The molecule has 1 aromatic rings. The summed E-state index contributed by atoms with van der Waals surface area (Å²) in [5.74, 6) is 0.110. The number of halogens is 3. The van der Waals surface area contributed by atoms with Crippen LogP contribution in [0, 0.1) is 0 Å². The minimum Gasteiger partial charge on any atom is -0.359 e. The molecule has 1 aliphatic rings. The first-order valence-corrected chi connectivity index (χ1v) is 8.18. The normalized spacial score (nSPS) is 15.5. The highest BCUT2D eigenvalue weighted by atomic mass is 32.1. The minimum atomic E-state index is -4.55. The van der Waals surface area contributed by atoms with Crippen LogP contribution >= 0.6 is 12.2 Å². The fraction of sp³-hybridized carbons (Fsp3) is 0.533. The lowest BCUT2D eigenvalue weighted by Gasteiger charge is -2.23. The minimum absolute atomic E-state index is 0.149. The molecule has 2 rings (SSSR count). The molecular formula is C15H20F3N5S. The van der Waals surface area contributed by atoms with Crippen molar-refractivity contribution < 1.29 is 13.2 Å². The molecule has 0 atom stereocenters. The van der Waals surface area contributed by atoms with Gasteiger partial charge in [-0.15, -0.1) is 6.58 Å². The molecule has 1 aliphatic heterocycles. The molecule has 2 N–H and O–H groups in total. The van der Waals surface area contributed by atoms with Crippen molar-refractivity contribution in [3.05, 3.63) is 24.4 Å². The highest BCUT2D eigenvalue weighted by Crippen LogP contribution is 2.31. The Morgan fingerprint density at radius 3 is 2.50 bits per heavy atom. The molecule has 5 nitrogen and oxygen atoms in total. The van der Waals surface area contributed by atoms with Gasteiger partial charge in [0.1, 0.15) is 5.82 Å². The second-order valence-corrected chi connectivity index (χ2v) is 5.87. The molecule has 0 bridgehead atoms. The number of anilines is 2. The third kappa shape index (κ3) is 5.33. The Morgan fingerprint density at radius 2 is 1.92 bits per heavy atom. The molecule has 1 saturated heterocycles. The van der Waals surface area contributed by atoms with Crippen molar-refractivity contribution in [2.24, 2.45) is 0 Å². The highest BCUT2D eigenvalue weighted by Gasteiger charge is 2.34. The van der Waals surface area contributed by atoms with E-state index in [1.165, 1.54) is 0 Å². The molecule has 9 heteroatoms. The van der Waals surface area contributed by atoms with Crippen molar-refractivity contribution >= 4 is 29.1 Å². The first kappa shape index (κ1) is 18.4. The van der Waals surface area contributed by atoms with E-state index in [0.29, 0.717) is 19.6 Å². The Balaban J connectivity index is 2.27. The van der Waals surface area contributed by atoms with Crippen molar-refractivity contribution in [2.45, 2.75) is 31.9 Å². The number of nitrogens with one attached hydrogen (secondary N) is 2. The van der Waals surface area contributed by atoms with E-state index in [2.05, 4.69) is 27.2 Å². The largest absolute Gasteiger partial charge is 0.433 e. The number of thiocarbonyl (C=S) groups is 1. The number of alkyl halides is 3. The van der Waals surface area contributed by atoms with E-state index in [0.717, 1.165) is 31.7 Å². The van der Waals surface area contributed by atoms with Crippen LogP contribution in [0.25, 0.3) is 0 Å². The van der Waals surface area contributed by atoms with E-state index in [4.69, 9.17) is 12.2 Å². The van der Waals surface area contributed by atoms with Crippen LogP contribution in [0.4, 0.5) is 24.9 Å². The lowest BCUT2D eigenvalue weighted by molar-refractivity contribution is -0.141. The summed E-state index contributed by atoms with van der Waals surface area (Å²) in [5, 5.41) is 5.53. The van der Waals surface area contributed by atoms with Gasteiger partial charge in [-0.3, -0.25) is 0 Å². The van der Waals surface area contributed by atoms with Gasteiger partial charge in [0.15, 0.2) is 10.8 Å². The second-order valence-electron chi connectivity index (χ2n) is 5.46. The van der Waals surface area contributed by atoms with Crippen molar-refractivity contribution in [1.29, 1.82) is 0 Å². The van der Waals surface area contributed by atoms with Crippen LogP contribution in [0.1, 0.15) is 31.4 Å². The fourth-order valence-corrected chi connectivity index (χ4v) is 2.58. The smallest absolute Gasteiger partial charge is 0.359 e. The van der Waals surface area contributed by atoms with E-state index in [1.54, 1.807) is 6.08 Å². The van der Waals surface area contributed by atoms with Crippen LogP contribution in [-0.4, -0.2) is 34.7 Å². The Bertz CT molecular complexity index is 583. The maximum atomic E-state index is 13.1. The predicted molar refractivity (Wildman–Crippen MR) is 92.1 cm³/mol. The highest BCUT2D eigenvalue weighted by molar-refractivity contribution is 7.80. The van der Waals surface area contributed by atoms with Crippen LogP contribution in [-0.2, 0) is 6.18 Å². The van der Waals surface area contributed by atoms with Crippen molar-refractivity contribution in [3.63, 3.8) is 0 Å². The summed E-state index contributed by atoms with van der Waals surface area (Å²) in [4.78, 5) is 9.62. The molecular weight excluding hydrogens is 339 g/mol. The molecule has 132 valence electrons. The monoisotopic (exact) mass is 359 g/mol. The average Bonchev–Trinajstić information content (AvgIpc) is 2.81. The second kappa shape index (κ2) is 8.27. The zero-order chi connectivity index (χ0) is 17.6. The van der Waals surface area contributed by atoms with Gasteiger partial charge in [0.2, 0.25) is 5.95 Å². The quantitative estimate of drug-likeness (QED) is 0.635. The molecule has 1 fully saturated rings. The maximum Gasteiger partial charge on any atom is 0.433 e. The first-order valence-electron chi connectivity index (χ1n) is 7.77. The van der Waals surface area contributed by atoms with E-state index in [9.17, 15) is 13.2 Å². The summed E-state index contributed by atoms with van der Waals surface area (Å²) in [7, 11) is 0. The van der Waals surface area contributed by atoms with E-state index in [1.807, 2.05) is 4.90 Å². The zero-order valence-electron chi connectivity index (χ0n) is 13.2. The molecule has 24 heavy (non-hydrogen) atoms. The van der Waals surface area contributed by atoms with Crippen LogP contribution in [0.15, 0.2) is 18.7 Å². The van der Waals surface area contributed by atoms with Crippen molar-refractivity contribution in [3.8, 4) is 0 Å². The molecule has 0 aromatic carbocycles. The lowest BCUT2D eigenvalue weighted by atomic mass is 10.2. The van der Waals surface area contributed by atoms with Gasteiger partial charge in [0.05, 0.1) is 0 Å². The van der Waals surface area contributed by atoms with Gasteiger partial charge in [-0.25, -0.2) is 4.98 Å². The summed E-state index contributed by atoms with van der Waals surface area (Å²) < 4.78 is 39.4. The standard InChI is InChI=1S/C15H20F3N5S/c1-2-7-19-14(24)22-13-20-11(15(16,17)18)10-12(21-13)23-8-5-3-4-6-9-23/h2,10H,1,3-9H2,(H2,19,20,21,22,24). The number of nitrogens with zero attached hydrogens (tertiary/aromatic N) is 3. The zero-order valence-corrected chi connectivity index (χ0v) is 14.0. The van der Waals surface area contributed by atoms with Crippen LogP contribution in [0.5, 0.6) is 0 Å². The Labute approximate surface area is 144 Å². The predicted octanol–water partition coefficient (Wildman–Crippen LogP) is 3.35. The number of hydrogen-bond donors (Lipinski definition) is 2. The third-order valence-electron chi connectivity index (χ3n) is 3.57. The van der Waals surface area contributed by atoms with E-state index >= 15 is 0 Å². The van der Waals surface area contributed by atoms with E-state index < -0.39 is 11.9 Å². The van der Waals surface area contributed by atoms with Crippen LogP contribution in [0.2, 0.25) is 0 Å². The van der Waals surface area contributed by atoms with Gasteiger partial charge < -0.3 is 15.5 Å². The molecule has 2 heterocycles. The van der Waals surface area contributed by atoms with Crippen LogP contribution in [0.3, 0.4) is 0 Å². The molecule has 0 aliphatic carbocycles. The molecule has 0 saturated carbocycles. The van der Waals surface area contributed by atoms with Crippen LogP contribution < -0.4 is 15.5 Å². The first-order chi connectivity index (χ1) is 11.4. The van der Waals surface area contributed by atoms with Gasteiger partial charge in [0, 0.05) is 25.7 Å².